The molecule has 0 radical (unpaired) electrons. The number of rotatable bonds is 3. The zero-order chi connectivity index (χ0) is 10.7. The maximum Gasteiger partial charge on any atom is 0.126 e. The highest BCUT2D eigenvalue weighted by Gasteiger charge is 1.99. The molecule has 15 heavy (non-hydrogen) atoms. The van der Waals surface area contributed by atoms with Crippen molar-refractivity contribution in [1.29, 1.82) is 0 Å². The van der Waals surface area contributed by atoms with Crippen LogP contribution in [0.25, 0.3) is 0 Å². The molecule has 3 heteroatoms. The Morgan fingerprint density at radius 1 is 1.27 bits per heavy atom. The summed E-state index contributed by atoms with van der Waals surface area (Å²) >= 11 is 1.74. The average molecular weight is 218 g/mol. The smallest absolute Gasteiger partial charge is 0.126 e. The third-order valence-electron chi connectivity index (χ3n) is 2.33. The fourth-order valence-electron chi connectivity index (χ4n) is 1.33. The first kappa shape index (κ1) is 10.2. The van der Waals surface area contributed by atoms with E-state index in [0.29, 0.717) is 0 Å². The molecule has 0 aliphatic carbocycles. The van der Waals surface area contributed by atoms with Crippen molar-refractivity contribution in [3.63, 3.8) is 0 Å². The largest absolute Gasteiger partial charge is 0.366 e. The van der Waals surface area contributed by atoms with Crippen LogP contribution in [0.3, 0.4) is 0 Å². The van der Waals surface area contributed by atoms with Gasteiger partial charge in [-0.1, -0.05) is 6.07 Å². The highest BCUT2D eigenvalue weighted by Crippen LogP contribution is 2.15. The zero-order valence-electron chi connectivity index (χ0n) is 8.95. The summed E-state index contributed by atoms with van der Waals surface area (Å²) in [7, 11) is 0. The fourth-order valence-corrected chi connectivity index (χ4v) is 2.18. The molecule has 0 aliphatic rings. The van der Waals surface area contributed by atoms with Crippen molar-refractivity contribution < 1.29 is 0 Å². The Labute approximate surface area is 94.0 Å². The van der Waals surface area contributed by atoms with Crippen molar-refractivity contribution >= 4 is 17.2 Å². The van der Waals surface area contributed by atoms with Crippen LogP contribution in [0.1, 0.15) is 16.7 Å². The molecular formula is C12H14N2S. The normalized spacial score (nSPS) is 10.3. The van der Waals surface area contributed by atoms with Crippen molar-refractivity contribution in [2.24, 2.45) is 0 Å². The number of hydrogen-bond donors (Lipinski definition) is 1. The van der Waals surface area contributed by atoms with Crippen molar-refractivity contribution in [3.05, 3.63) is 45.8 Å². The van der Waals surface area contributed by atoms with Crippen molar-refractivity contribution in [2.75, 3.05) is 5.32 Å². The number of aryl methyl sites for hydroxylation is 2. The summed E-state index contributed by atoms with van der Waals surface area (Å²) in [5, 5.41) is 7.65. The molecule has 0 spiro atoms. The molecule has 0 aliphatic heterocycles. The van der Waals surface area contributed by atoms with Gasteiger partial charge in [0.2, 0.25) is 0 Å². The van der Waals surface area contributed by atoms with E-state index >= 15 is 0 Å². The van der Waals surface area contributed by atoms with Crippen LogP contribution < -0.4 is 5.32 Å². The summed E-state index contributed by atoms with van der Waals surface area (Å²) in [5.41, 5.74) is 3.88. The molecule has 0 saturated heterocycles. The molecular weight excluding hydrogens is 204 g/mol. The molecule has 2 heterocycles. The van der Waals surface area contributed by atoms with Gasteiger partial charge >= 0.3 is 0 Å². The Balaban J connectivity index is 1.99. The summed E-state index contributed by atoms with van der Waals surface area (Å²) in [5.74, 6) is 0.936. The van der Waals surface area contributed by atoms with Crippen LogP contribution in [0.5, 0.6) is 0 Å². The van der Waals surface area contributed by atoms with E-state index in [0.717, 1.165) is 12.4 Å². The molecule has 0 fully saturated rings. The second kappa shape index (κ2) is 4.45. The molecule has 2 aromatic heterocycles. The Kier molecular flexibility index (Phi) is 3.02. The Morgan fingerprint density at radius 2 is 2.13 bits per heavy atom. The summed E-state index contributed by atoms with van der Waals surface area (Å²) in [6, 6.07) is 4.08. The van der Waals surface area contributed by atoms with E-state index in [1.165, 1.54) is 16.7 Å². The predicted molar refractivity (Wildman–Crippen MR) is 65.4 cm³/mol. The van der Waals surface area contributed by atoms with E-state index < -0.39 is 0 Å². The van der Waals surface area contributed by atoms with E-state index in [4.69, 9.17) is 0 Å². The Hall–Kier alpha value is -1.35. The van der Waals surface area contributed by atoms with Gasteiger partial charge in [0.25, 0.3) is 0 Å². The average Bonchev–Trinajstić information content (AvgIpc) is 2.63. The minimum atomic E-state index is 0.853. The molecule has 0 saturated carbocycles. The molecule has 0 aromatic carbocycles. The van der Waals surface area contributed by atoms with Crippen LogP contribution >= 0.6 is 11.3 Å². The fraction of sp³-hybridized carbons (Fsp3) is 0.250. The number of hydrogen-bond acceptors (Lipinski definition) is 3. The summed E-state index contributed by atoms with van der Waals surface area (Å²) in [6.45, 7) is 5.03. The van der Waals surface area contributed by atoms with Crippen LogP contribution in [0.15, 0.2) is 29.1 Å². The van der Waals surface area contributed by atoms with Crippen LogP contribution in [0, 0.1) is 13.8 Å². The number of thiophene rings is 1. The molecule has 0 unspecified atom stereocenters. The van der Waals surface area contributed by atoms with Crippen LogP contribution in [-0.4, -0.2) is 4.98 Å². The number of nitrogens with one attached hydrogen (secondary N) is 1. The van der Waals surface area contributed by atoms with Crippen molar-refractivity contribution in [2.45, 2.75) is 20.4 Å². The molecule has 2 aromatic rings. The standard InChI is InChI=1S/C12H14N2S/c1-9-3-4-12(13-5-9)14-6-11-8-15-7-10(11)2/h3-5,7-8H,6H2,1-2H3,(H,13,14). The highest BCUT2D eigenvalue weighted by atomic mass is 32.1. The van der Waals surface area contributed by atoms with Gasteiger partial charge in [0.15, 0.2) is 0 Å². The Morgan fingerprint density at radius 3 is 2.73 bits per heavy atom. The second-order valence-corrected chi connectivity index (χ2v) is 4.40. The van der Waals surface area contributed by atoms with E-state index in [2.05, 4.69) is 34.1 Å². The van der Waals surface area contributed by atoms with E-state index in [9.17, 15) is 0 Å². The molecule has 78 valence electrons. The van der Waals surface area contributed by atoms with Gasteiger partial charge in [0.1, 0.15) is 5.82 Å². The van der Waals surface area contributed by atoms with Gasteiger partial charge in [0, 0.05) is 12.7 Å². The SMILES string of the molecule is Cc1ccc(NCc2cscc2C)nc1. The lowest BCUT2D eigenvalue weighted by molar-refractivity contribution is 1.10. The summed E-state index contributed by atoms with van der Waals surface area (Å²) in [6.07, 6.45) is 1.88. The van der Waals surface area contributed by atoms with Crippen molar-refractivity contribution in [1.82, 2.24) is 4.98 Å². The molecule has 0 amide bonds. The van der Waals surface area contributed by atoms with Crippen molar-refractivity contribution in [3.8, 4) is 0 Å². The van der Waals surface area contributed by atoms with Gasteiger partial charge in [-0.3, -0.25) is 0 Å². The topological polar surface area (TPSA) is 24.9 Å². The molecule has 0 bridgehead atoms. The van der Waals surface area contributed by atoms with Gasteiger partial charge in [-0.2, -0.15) is 11.3 Å². The molecule has 2 rings (SSSR count). The molecule has 0 atom stereocenters. The van der Waals surface area contributed by atoms with Gasteiger partial charge in [-0.25, -0.2) is 4.98 Å². The van der Waals surface area contributed by atoms with E-state index in [1.54, 1.807) is 11.3 Å². The summed E-state index contributed by atoms with van der Waals surface area (Å²) in [4.78, 5) is 4.30. The first-order valence-electron chi connectivity index (χ1n) is 4.94. The quantitative estimate of drug-likeness (QED) is 0.854. The van der Waals surface area contributed by atoms with Gasteiger partial charge in [-0.05, 0) is 47.4 Å². The number of nitrogens with zero attached hydrogens (tertiary/aromatic N) is 1. The lowest BCUT2D eigenvalue weighted by Crippen LogP contribution is -2.01. The van der Waals surface area contributed by atoms with E-state index in [1.807, 2.05) is 19.2 Å². The third kappa shape index (κ3) is 2.57. The highest BCUT2D eigenvalue weighted by molar-refractivity contribution is 7.08. The molecule has 2 nitrogen and oxygen atoms in total. The first-order valence-corrected chi connectivity index (χ1v) is 5.88. The molecule has 1 N–H and O–H groups in total. The van der Waals surface area contributed by atoms with Gasteiger partial charge < -0.3 is 5.32 Å². The maximum absolute atomic E-state index is 4.30. The van der Waals surface area contributed by atoms with Gasteiger partial charge in [-0.15, -0.1) is 0 Å². The lowest BCUT2D eigenvalue weighted by atomic mass is 10.2. The monoisotopic (exact) mass is 218 g/mol. The summed E-state index contributed by atoms with van der Waals surface area (Å²) < 4.78 is 0. The number of anilines is 1. The minimum absolute atomic E-state index is 0.853. The number of pyridine rings is 1. The van der Waals surface area contributed by atoms with Crippen LogP contribution in [-0.2, 0) is 6.54 Å². The zero-order valence-corrected chi connectivity index (χ0v) is 9.77. The third-order valence-corrected chi connectivity index (χ3v) is 3.24. The minimum Gasteiger partial charge on any atom is -0.366 e. The predicted octanol–water partition coefficient (Wildman–Crippen LogP) is 3.37. The first-order chi connectivity index (χ1) is 7.25. The van der Waals surface area contributed by atoms with Crippen LogP contribution in [0.2, 0.25) is 0 Å². The number of aromatic nitrogens is 1. The second-order valence-electron chi connectivity index (χ2n) is 3.65. The van der Waals surface area contributed by atoms with E-state index in [-0.39, 0.29) is 0 Å². The Bertz CT molecular complexity index is 431. The van der Waals surface area contributed by atoms with Crippen LogP contribution in [0.4, 0.5) is 5.82 Å². The lowest BCUT2D eigenvalue weighted by Gasteiger charge is -2.05. The van der Waals surface area contributed by atoms with Gasteiger partial charge in [0.05, 0.1) is 0 Å². The maximum atomic E-state index is 4.30.